The Morgan fingerprint density at radius 1 is 1.04 bits per heavy atom. The van der Waals surface area contributed by atoms with Crippen LogP contribution in [0.5, 0.6) is 0 Å². The van der Waals surface area contributed by atoms with Gasteiger partial charge in [0, 0.05) is 21.7 Å². The lowest BCUT2D eigenvalue weighted by molar-refractivity contribution is 0.0900. The molecule has 0 aromatic heterocycles. The van der Waals surface area contributed by atoms with Crippen LogP contribution in [-0.4, -0.2) is 55.9 Å². The maximum Gasteiger partial charge on any atom is 0.251 e. The van der Waals surface area contributed by atoms with Crippen molar-refractivity contribution in [2.24, 2.45) is 0 Å². The number of likely N-dealkylation sites (tertiary alicyclic amines) is 1. The van der Waals surface area contributed by atoms with Gasteiger partial charge >= 0.3 is 0 Å². The summed E-state index contributed by atoms with van der Waals surface area (Å²) in [7, 11) is -3.15. The summed E-state index contributed by atoms with van der Waals surface area (Å²) < 4.78 is 24.2. The standard InChI is InChI=1S/C16H20Cl2N2O3S/c17-12-6-11(7-13(18)8-12)16(21)19-14-9-24(22,23)10-15(14)20-4-2-1-3-5-20/h6-8,14-15H,1-5,9-10H2,(H,19,21). The summed E-state index contributed by atoms with van der Waals surface area (Å²) in [6.07, 6.45) is 3.32. The predicted molar refractivity (Wildman–Crippen MR) is 95.6 cm³/mol. The summed E-state index contributed by atoms with van der Waals surface area (Å²) in [4.78, 5) is 14.7. The first-order chi connectivity index (χ1) is 11.3. The van der Waals surface area contributed by atoms with Crippen LogP contribution in [0.4, 0.5) is 0 Å². The Kier molecular flexibility index (Phi) is 5.39. The van der Waals surface area contributed by atoms with Crippen molar-refractivity contribution in [1.82, 2.24) is 10.2 Å². The molecular formula is C16H20Cl2N2O3S. The molecule has 2 atom stereocenters. The number of hydrogen-bond acceptors (Lipinski definition) is 4. The molecule has 3 rings (SSSR count). The van der Waals surface area contributed by atoms with E-state index in [9.17, 15) is 13.2 Å². The molecule has 8 heteroatoms. The number of nitrogens with one attached hydrogen (secondary N) is 1. The number of amides is 1. The number of nitrogens with zero attached hydrogens (tertiary/aromatic N) is 1. The Morgan fingerprint density at radius 3 is 2.29 bits per heavy atom. The van der Waals surface area contributed by atoms with Gasteiger partial charge in [0.15, 0.2) is 9.84 Å². The molecule has 2 fully saturated rings. The molecule has 2 aliphatic rings. The van der Waals surface area contributed by atoms with E-state index in [2.05, 4.69) is 10.2 Å². The summed E-state index contributed by atoms with van der Waals surface area (Å²) in [5, 5.41) is 3.62. The fraction of sp³-hybridized carbons (Fsp3) is 0.562. The van der Waals surface area contributed by atoms with Crippen molar-refractivity contribution in [3.05, 3.63) is 33.8 Å². The molecule has 24 heavy (non-hydrogen) atoms. The summed E-state index contributed by atoms with van der Waals surface area (Å²) >= 11 is 11.9. The lowest BCUT2D eigenvalue weighted by atomic mass is 10.0. The van der Waals surface area contributed by atoms with Gasteiger partial charge in [-0.25, -0.2) is 8.42 Å². The zero-order valence-electron chi connectivity index (χ0n) is 13.2. The van der Waals surface area contributed by atoms with E-state index in [1.807, 2.05) is 0 Å². The van der Waals surface area contributed by atoms with E-state index in [0.717, 1.165) is 25.9 Å². The van der Waals surface area contributed by atoms with Gasteiger partial charge in [0.1, 0.15) is 0 Å². The molecular weight excluding hydrogens is 371 g/mol. The monoisotopic (exact) mass is 390 g/mol. The molecule has 0 radical (unpaired) electrons. The van der Waals surface area contributed by atoms with E-state index >= 15 is 0 Å². The fourth-order valence-electron chi connectivity index (χ4n) is 3.51. The molecule has 0 bridgehead atoms. The SMILES string of the molecule is O=C(NC1CS(=O)(=O)CC1N1CCCCC1)c1cc(Cl)cc(Cl)c1. The molecule has 0 aliphatic carbocycles. The summed E-state index contributed by atoms with van der Waals surface area (Å²) in [6.45, 7) is 1.77. The molecule has 0 saturated carbocycles. The van der Waals surface area contributed by atoms with Crippen molar-refractivity contribution in [2.75, 3.05) is 24.6 Å². The normalized spacial score (nSPS) is 27.1. The third kappa shape index (κ3) is 4.23. The molecule has 1 aromatic rings. The van der Waals surface area contributed by atoms with E-state index in [0.29, 0.717) is 15.6 Å². The number of sulfone groups is 1. The number of piperidine rings is 1. The van der Waals surface area contributed by atoms with Crippen molar-refractivity contribution < 1.29 is 13.2 Å². The van der Waals surface area contributed by atoms with Crippen LogP contribution in [0.25, 0.3) is 0 Å². The molecule has 2 unspecified atom stereocenters. The maximum atomic E-state index is 12.5. The third-order valence-electron chi connectivity index (χ3n) is 4.62. The number of halogens is 2. The quantitative estimate of drug-likeness (QED) is 0.859. The number of carbonyl (C=O) groups excluding carboxylic acids is 1. The highest BCUT2D eigenvalue weighted by Gasteiger charge is 2.42. The Hall–Kier alpha value is -0.820. The molecule has 2 heterocycles. The van der Waals surface area contributed by atoms with Crippen LogP contribution in [0.3, 0.4) is 0 Å². The number of benzene rings is 1. The third-order valence-corrected chi connectivity index (χ3v) is 6.78. The van der Waals surface area contributed by atoms with Gasteiger partial charge < -0.3 is 5.32 Å². The Bertz CT molecular complexity index is 713. The molecule has 5 nitrogen and oxygen atoms in total. The largest absolute Gasteiger partial charge is 0.347 e. The van der Waals surface area contributed by atoms with Gasteiger partial charge in [-0.1, -0.05) is 29.6 Å². The summed E-state index contributed by atoms with van der Waals surface area (Å²) in [6, 6.07) is 4.05. The van der Waals surface area contributed by atoms with Crippen molar-refractivity contribution >= 4 is 38.9 Å². The van der Waals surface area contributed by atoms with Crippen LogP contribution in [0, 0.1) is 0 Å². The number of hydrogen-bond donors (Lipinski definition) is 1. The van der Waals surface area contributed by atoms with Gasteiger partial charge in [-0.15, -0.1) is 0 Å². The first kappa shape index (κ1) is 18.0. The van der Waals surface area contributed by atoms with E-state index < -0.39 is 15.9 Å². The summed E-state index contributed by atoms with van der Waals surface area (Å²) in [5.74, 6) is -0.258. The van der Waals surface area contributed by atoms with E-state index in [1.165, 1.54) is 18.6 Å². The van der Waals surface area contributed by atoms with Crippen molar-refractivity contribution in [3.8, 4) is 0 Å². The minimum Gasteiger partial charge on any atom is -0.347 e. The van der Waals surface area contributed by atoms with Gasteiger partial charge in [0.05, 0.1) is 17.5 Å². The highest BCUT2D eigenvalue weighted by atomic mass is 35.5. The molecule has 2 aliphatic heterocycles. The second-order valence-corrected chi connectivity index (χ2v) is 9.51. The molecule has 1 aromatic carbocycles. The van der Waals surface area contributed by atoms with Crippen molar-refractivity contribution in [1.29, 1.82) is 0 Å². The zero-order chi connectivity index (χ0) is 17.3. The highest BCUT2D eigenvalue weighted by Crippen LogP contribution is 2.24. The first-order valence-corrected chi connectivity index (χ1v) is 10.6. The molecule has 2 saturated heterocycles. The summed E-state index contributed by atoms with van der Waals surface area (Å²) in [5.41, 5.74) is 0.342. The van der Waals surface area contributed by atoms with Crippen LogP contribution in [-0.2, 0) is 9.84 Å². The van der Waals surface area contributed by atoms with Crippen LogP contribution < -0.4 is 5.32 Å². The average molecular weight is 391 g/mol. The lowest BCUT2D eigenvalue weighted by Crippen LogP contribution is -2.52. The van der Waals surface area contributed by atoms with E-state index in [4.69, 9.17) is 23.2 Å². The molecule has 1 N–H and O–H groups in total. The second kappa shape index (κ2) is 7.20. The lowest BCUT2D eigenvalue weighted by Gasteiger charge is -2.35. The highest BCUT2D eigenvalue weighted by molar-refractivity contribution is 7.91. The smallest absolute Gasteiger partial charge is 0.251 e. The minimum absolute atomic E-state index is 0.0196. The zero-order valence-corrected chi connectivity index (χ0v) is 15.5. The Labute approximate surface area is 152 Å². The average Bonchev–Trinajstić information content (AvgIpc) is 2.82. The van der Waals surface area contributed by atoms with Crippen LogP contribution in [0.2, 0.25) is 10.0 Å². The fourth-order valence-corrected chi connectivity index (χ4v) is 5.99. The van der Waals surface area contributed by atoms with E-state index in [-0.39, 0.29) is 23.5 Å². The topological polar surface area (TPSA) is 66.5 Å². The van der Waals surface area contributed by atoms with Crippen molar-refractivity contribution in [2.45, 2.75) is 31.3 Å². The van der Waals surface area contributed by atoms with E-state index in [1.54, 1.807) is 6.07 Å². The van der Waals surface area contributed by atoms with Gasteiger partial charge in [0.25, 0.3) is 5.91 Å². The Morgan fingerprint density at radius 2 is 1.67 bits per heavy atom. The van der Waals surface area contributed by atoms with Gasteiger partial charge in [-0.3, -0.25) is 9.69 Å². The molecule has 0 spiro atoms. The molecule has 132 valence electrons. The second-order valence-electron chi connectivity index (χ2n) is 6.48. The van der Waals surface area contributed by atoms with Gasteiger partial charge in [0.2, 0.25) is 0 Å². The van der Waals surface area contributed by atoms with Gasteiger partial charge in [-0.2, -0.15) is 0 Å². The predicted octanol–water partition coefficient (Wildman–Crippen LogP) is 2.37. The molecule has 1 amide bonds. The number of carbonyl (C=O) groups is 1. The van der Waals surface area contributed by atoms with Crippen LogP contribution in [0.15, 0.2) is 18.2 Å². The number of rotatable bonds is 3. The van der Waals surface area contributed by atoms with Gasteiger partial charge in [-0.05, 0) is 44.1 Å². The Balaban J connectivity index is 1.76. The van der Waals surface area contributed by atoms with Crippen molar-refractivity contribution in [3.63, 3.8) is 0 Å². The van der Waals surface area contributed by atoms with Crippen LogP contribution >= 0.6 is 23.2 Å². The minimum atomic E-state index is -3.15. The van der Waals surface area contributed by atoms with Crippen LogP contribution in [0.1, 0.15) is 29.6 Å². The maximum absolute atomic E-state index is 12.5. The first-order valence-electron chi connectivity index (χ1n) is 8.05.